The van der Waals surface area contributed by atoms with Gasteiger partial charge in [0.25, 0.3) is 0 Å². The molecule has 1 aliphatic rings. The van der Waals surface area contributed by atoms with Crippen molar-refractivity contribution in [2.75, 3.05) is 31.6 Å². The summed E-state index contributed by atoms with van der Waals surface area (Å²) in [4.78, 5) is 17.7. The molecule has 6 nitrogen and oxygen atoms in total. The molecule has 0 aromatic carbocycles. The van der Waals surface area contributed by atoms with Gasteiger partial charge in [0.05, 0.1) is 13.1 Å². The molecule has 128 valence electrons. The topological polar surface area (TPSA) is 61.4 Å². The number of hydrogen-bond acceptors (Lipinski definition) is 6. The van der Waals surface area contributed by atoms with E-state index in [-0.39, 0.29) is 5.91 Å². The predicted octanol–water partition coefficient (Wildman–Crippen LogP) is 1.76. The minimum Gasteiger partial charge on any atom is -0.354 e. The number of likely N-dealkylation sites (N-methyl/N-ethyl adjacent to an activating group) is 1. The van der Waals surface area contributed by atoms with Crippen LogP contribution in [0.3, 0.4) is 0 Å². The molecule has 0 radical (unpaired) electrons. The zero-order valence-corrected chi connectivity index (χ0v) is 14.7. The Bertz CT molecular complexity index is 634. The number of rotatable bonds is 6. The quantitative estimate of drug-likeness (QED) is 0.864. The van der Waals surface area contributed by atoms with Crippen LogP contribution in [0.4, 0.5) is 5.82 Å². The number of nitrogens with one attached hydrogen (secondary N) is 1. The van der Waals surface area contributed by atoms with E-state index in [1.807, 2.05) is 36.7 Å². The molecule has 0 spiro atoms. The van der Waals surface area contributed by atoms with Crippen LogP contribution in [0.15, 0.2) is 35.8 Å². The first kappa shape index (κ1) is 16.9. The number of amides is 1. The highest BCUT2D eigenvalue weighted by atomic mass is 32.1. The molecule has 1 aliphatic heterocycles. The van der Waals surface area contributed by atoms with E-state index in [9.17, 15) is 4.79 Å². The van der Waals surface area contributed by atoms with Crippen molar-refractivity contribution in [3.8, 4) is 0 Å². The number of hydrogen-bond donors (Lipinski definition) is 1. The molecule has 1 N–H and O–H groups in total. The van der Waals surface area contributed by atoms with Gasteiger partial charge in [-0.3, -0.25) is 9.69 Å². The maximum absolute atomic E-state index is 12.2. The second-order valence-electron chi connectivity index (χ2n) is 6.10. The van der Waals surface area contributed by atoms with E-state index in [1.54, 1.807) is 17.5 Å². The summed E-state index contributed by atoms with van der Waals surface area (Å²) in [7, 11) is 2.02. The standard InChI is InChI=1S/C17H23N5OS/c1-21(13-17(23)18-11-15-6-4-10-24-15)14-5-3-9-22(12-14)16-7-2-8-19-20-16/h2,4,6-8,10,14H,3,5,9,11-13H2,1H3,(H,18,23). The van der Waals surface area contributed by atoms with E-state index in [2.05, 4.69) is 25.3 Å². The van der Waals surface area contributed by atoms with Gasteiger partial charge in [0.15, 0.2) is 5.82 Å². The normalized spacial score (nSPS) is 17.9. The molecule has 1 atom stereocenters. The Labute approximate surface area is 146 Å². The van der Waals surface area contributed by atoms with Gasteiger partial charge in [-0.25, -0.2) is 0 Å². The average Bonchev–Trinajstić information content (AvgIpc) is 3.14. The van der Waals surface area contributed by atoms with Gasteiger partial charge in [0.1, 0.15) is 0 Å². The zero-order valence-electron chi connectivity index (χ0n) is 13.9. The van der Waals surface area contributed by atoms with Gasteiger partial charge in [-0.05, 0) is 43.5 Å². The SMILES string of the molecule is CN(CC(=O)NCc1cccs1)C1CCCN(c2cccnn2)C1. The molecule has 0 bridgehead atoms. The number of carbonyl (C=O) groups excluding carboxylic acids is 1. The first-order valence-electron chi connectivity index (χ1n) is 8.24. The Kier molecular flexibility index (Phi) is 5.77. The van der Waals surface area contributed by atoms with E-state index < -0.39 is 0 Å². The number of anilines is 1. The first-order valence-corrected chi connectivity index (χ1v) is 9.12. The third-order valence-electron chi connectivity index (χ3n) is 4.33. The smallest absolute Gasteiger partial charge is 0.234 e. The first-order chi connectivity index (χ1) is 11.7. The van der Waals surface area contributed by atoms with Crippen molar-refractivity contribution in [1.82, 2.24) is 20.4 Å². The molecule has 7 heteroatoms. The number of nitrogens with zero attached hydrogens (tertiary/aromatic N) is 4. The van der Waals surface area contributed by atoms with Gasteiger partial charge >= 0.3 is 0 Å². The molecule has 2 aromatic heterocycles. The molecule has 1 saturated heterocycles. The van der Waals surface area contributed by atoms with Crippen molar-refractivity contribution >= 4 is 23.1 Å². The highest BCUT2D eigenvalue weighted by molar-refractivity contribution is 7.09. The lowest BCUT2D eigenvalue weighted by atomic mass is 10.0. The summed E-state index contributed by atoms with van der Waals surface area (Å²) in [5.74, 6) is 0.986. The van der Waals surface area contributed by atoms with Crippen molar-refractivity contribution in [3.63, 3.8) is 0 Å². The molecule has 0 saturated carbocycles. The maximum Gasteiger partial charge on any atom is 0.234 e. The molecule has 1 unspecified atom stereocenters. The zero-order chi connectivity index (χ0) is 16.8. The molecular weight excluding hydrogens is 322 g/mol. The van der Waals surface area contributed by atoms with Crippen LogP contribution >= 0.6 is 11.3 Å². The Hall–Kier alpha value is -1.99. The third-order valence-corrected chi connectivity index (χ3v) is 5.21. The summed E-state index contributed by atoms with van der Waals surface area (Å²) in [5.41, 5.74) is 0. The number of aromatic nitrogens is 2. The predicted molar refractivity (Wildman–Crippen MR) is 96.1 cm³/mol. The van der Waals surface area contributed by atoms with Crippen LogP contribution in [-0.4, -0.2) is 53.7 Å². The lowest BCUT2D eigenvalue weighted by Crippen LogP contribution is -2.49. The molecule has 0 aliphatic carbocycles. The summed E-state index contributed by atoms with van der Waals surface area (Å²) >= 11 is 1.66. The van der Waals surface area contributed by atoms with Crippen LogP contribution in [0.25, 0.3) is 0 Å². The molecule has 1 amide bonds. The monoisotopic (exact) mass is 345 g/mol. The third kappa shape index (κ3) is 4.52. The van der Waals surface area contributed by atoms with E-state index >= 15 is 0 Å². The van der Waals surface area contributed by atoms with Crippen LogP contribution in [0, 0.1) is 0 Å². The lowest BCUT2D eigenvalue weighted by Gasteiger charge is -2.37. The van der Waals surface area contributed by atoms with Crippen molar-refractivity contribution < 1.29 is 4.79 Å². The van der Waals surface area contributed by atoms with Crippen molar-refractivity contribution in [1.29, 1.82) is 0 Å². The Morgan fingerprint density at radius 3 is 3.12 bits per heavy atom. The summed E-state index contributed by atoms with van der Waals surface area (Å²) in [6.07, 6.45) is 3.89. The minimum absolute atomic E-state index is 0.0718. The van der Waals surface area contributed by atoms with E-state index in [0.29, 0.717) is 19.1 Å². The fourth-order valence-corrected chi connectivity index (χ4v) is 3.64. The number of thiophene rings is 1. The minimum atomic E-state index is 0.0718. The molecule has 24 heavy (non-hydrogen) atoms. The molecule has 1 fully saturated rings. The van der Waals surface area contributed by atoms with Gasteiger partial charge in [-0.2, -0.15) is 5.10 Å². The average molecular weight is 345 g/mol. The molecular formula is C17H23N5OS. The summed E-state index contributed by atoms with van der Waals surface area (Å²) in [6.45, 7) is 2.91. The van der Waals surface area contributed by atoms with E-state index in [4.69, 9.17) is 0 Å². The molecule has 2 aromatic rings. The Balaban J connectivity index is 1.49. The van der Waals surface area contributed by atoms with Crippen LogP contribution in [0.5, 0.6) is 0 Å². The van der Waals surface area contributed by atoms with Gasteiger partial charge < -0.3 is 10.2 Å². The molecule has 3 heterocycles. The number of carbonyl (C=O) groups is 1. The largest absolute Gasteiger partial charge is 0.354 e. The molecule has 3 rings (SSSR count). The Morgan fingerprint density at radius 2 is 2.38 bits per heavy atom. The van der Waals surface area contributed by atoms with Gasteiger partial charge in [0.2, 0.25) is 5.91 Å². The lowest BCUT2D eigenvalue weighted by molar-refractivity contribution is -0.122. The van der Waals surface area contributed by atoms with Crippen molar-refractivity contribution in [2.24, 2.45) is 0 Å². The Morgan fingerprint density at radius 1 is 1.46 bits per heavy atom. The van der Waals surface area contributed by atoms with E-state index in [0.717, 1.165) is 31.7 Å². The van der Waals surface area contributed by atoms with Crippen molar-refractivity contribution in [2.45, 2.75) is 25.4 Å². The highest BCUT2D eigenvalue weighted by Crippen LogP contribution is 2.19. The van der Waals surface area contributed by atoms with Gasteiger partial charge in [0, 0.05) is 30.2 Å². The van der Waals surface area contributed by atoms with Crippen LogP contribution < -0.4 is 10.2 Å². The second-order valence-corrected chi connectivity index (χ2v) is 7.13. The van der Waals surface area contributed by atoms with Crippen LogP contribution in [0.1, 0.15) is 17.7 Å². The van der Waals surface area contributed by atoms with Crippen LogP contribution in [-0.2, 0) is 11.3 Å². The summed E-state index contributed by atoms with van der Waals surface area (Å²) in [6, 6.07) is 8.29. The fourth-order valence-electron chi connectivity index (χ4n) is 3.00. The second kappa shape index (κ2) is 8.21. The van der Waals surface area contributed by atoms with Gasteiger partial charge in [-0.1, -0.05) is 6.07 Å². The van der Waals surface area contributed by atoms with Crippen molar-refractivity contribution in [3.05, 3.63) is 40.7 Å². The fraction of sp³-hybridized carbons (Fsp3) is 0.471. The number of piperidine rings is 1. The highest BCUT2D eigenvalue weighted by Gasteiger charge is 2.25. The maximum atomic E-state index is 12.2. The van der Waals surface area contributed by atoms with Crippen LogP contribution in [0.2, 0.25) is 0 Å². The summed E-state index contributed by atoms with van der Waals surface area (Å²) < 4.78 is 0. The van der Waals surface area contributed by atoms with Gasteiger partial charge in [-0.15, -0.1) is 16.4 Å². The summed E-state index contributed by atoms with van der Waals surface area (Å²) in [5, 5.41) is 13.2. The van der Waals surface area contributed by atoms with E-state index in [1.165, 1.54) is 4.88 Å².